The van der Waals surface area contributed by atoms with Crippen LogP contribution in [0.1, 0.15) is 39.5 Å². The number of aromatic nitrogens is 1. The minimum Gasteiger partial charge on any atom is -0.385 e. The first-order valence-electron chi connectivity index (χ1n) is 6.46. The van der Waals surface area contributed by atoms with E-state index in [2.05, 4.69) is 29.6 Å². The zero-order valence-corrected chi connectivity index (χ0v) is 10.9. The SMILES string of the molecule is CCCCC(CC)CNc1ccnc(NN)c1. The average molecular weight is 236 g/mol. The van der Waals surface area contributed by atoms with E-state index in [9.17, 15) is 0 Å². The minimum atomic E-state index is 0.691. The predicted octanol–water partition coefficient (Wildman–Crippen LogP) is 3.00. The van der Waals surface area contributed by atoms with Crippen LogP contribution in [0.3, 0.4) is 0 Å². The molecule has 17 heavy (non-hydrogen) atoms. The molecule has 0 amide bonds. The van der Waals surface area contributed by atoms with E-state index < -0.39 is 0 Å². The van der Waals surface area contributed by atoms with Crippen LogP contribution in [-0.4, -0.2) is 11.5 Å². The van der Waals surface area contributed by atoms with E-state index in [1.54, 1.807) is 6.20 Å². The second-order valence-electron chi connectivity index (χ2n) is 4.37. The molecule has 1 heterocycles. The Morgan fingerprint density at radius 1 is 1.41 bits per heavy atom. The quantitative estimate of drug-likeness (QED) is 0.479. The van der Waals surface area contributed by atoms with Crippen LogP contribution in [0.25, 0.3) is 0 Å². The van der Waals surface area contributed by atoms with Crippen molar-refractivity contribution >= 4 is 11.5 Å². The highest BCUT2D eigenvalue weighted by Crippen LogP contribution is 2.15. The molecule has 1 atom stereocenters. The number of hydrogen-bond acceptors (Lipinski definition) is 4. The third-order valence-corrected chi connectivity index (χ3v) is 3.05. The molecule has 0 bridgehead atoms. The van der Waals surface area contributed by atoms with Gasteiger partial charge in [0.2, 0.25) is 0 Å². The van der Waals surface area contributed by atoms with E-state index in [1.807, 2.05) is 12.1 Å². The van der Waals surface area contributed by atoms with Gasteiger partial charge < -0.3 is 10.7 Å². The van der Waals surface area contributed by atoms with Crippen molar-refractivity contribution in [2.24, 2.45) is 11.8 Å². The van der Waals surface area contributed by atoms with Gasteiger partial charge in [0.25, 0.3) is 0 Å². The van der Waals surface area contributed by atoms with Gasteiger partial charge in [0.1, 0.15) is 5.82 Å². The van der Waals surface area contributed by atoms with Crippen molar-refractivity contribution in [2.75, 3.05) is 17.3 Å². The van der Waals surface area contributed by atoms with Crippen molar-refractivity contribution < 1.29 is 0 Å². The summed E-state index contributed by atoms with van der Waals surface area (Å²) in [5, 5.41) is 3.44. The standard InChI is InChI=1S/C13H24N4/c1-3-5-6-11(4-2)10-16-12-7-8-15-13(9-12)17-14/h7-9,11H,3-6,10,14H2,1-2H3,(H2,15,16,17). The van der Waals surface area contributed by atoms with Crippen LogP contribution in [0.2, 0.25) is 0 Å². The second-order valence-corrected chi connectivity index (χ2v) is 4.37. The van der Waals surface area contributed by atoms with Gasteiger partial charge >= 0.3 is 0 Å². The van der Waals surface area contributed by atoms with Crippen LogP contribution in [0, 0.1) is 5.92 Å². The molecule has 4 N–H and O–H groups in total. The molecule has 4 heteroatoms. The van der Waals surface area contributed by atoms with Crippen molar-refractivity contribution in [3.8, 4) is 0 Å². The lowest BCUT2D eigenvalue weighted by Gasteiger charge is -2.16. The van der Waals surface area contributed by atoms with E-state index >= 15 is 0 Å². The molecule has 0 spiro atoms. The highest BCUT2D eigenvalue weighted by atomic mass is 15.2. The van der Waals surface area contributed by atoms with Crippen molar-refractivity contribution in [3.63, 3.8) is 0 Å². The molecular formula is C13H24N4. The molecule has 0 aromatic carbocycles. The summed E-state index contributed by atoms with van der Waals surface area (Å²) < 4.78 is 0. The number of nitrogens with zero attached hydrogens (tertiary/aromatic N) is 1. The van der Waals surface area contributed by atoms with E-state index in [1.165, 1.54) is 25.7 Å². The minimum absolute atomic E-state index is 0.691. The van der Waals surface area contributed by atoms with Gasteiger partial charge in [0.05, 0.1) is 0 Å². The van der Waals surface area contributed by atoms with E-state index in [4.69, 9.17) is 5.84 Å². The zero-order chi connectivity index (χ0) is 12.5. The Morgan fingerprint density at radius 2 is 2.24 bits per heavy atom. The number of nitrogens with two attached hydrogens (primary N) is 1. The molecular weight excluding hydrogens is 212 g/mol. The van der Waals surface area contributed by atoms with Gasteiger partial charge in [0.15, 0.2) is 0 Å². The number of unbranched alkanes of at least 4 members (excludes halogenated alkanes) is 1. The fourth-order valence-corrected chi connectivity index (χ4v) is 1.82. The number of nitrogen functional groups attached to an aromatic ring is 1. The maximum atomic E-state index is 5.33. The van der Waals surface area contributed by atoms with Gasteiger partial charge in [-0.25, -0.2) is 10.8 Å². The van der Waals surface area contributed by atoms with Crippen LogP contribution in [0.15, 0.2) is 18.3 Å². The number of pyridine rings is 1. The fraction of sp³-hybridized carbons (Fsp3) is 0.615. The highest BCUT2D eigenvalue weighted by Gasteiger charge is 2.05. The van der Waals surface area contributed by atoms with Gasteiger partial charge in [0, 0.05) is 24.5 Å². The summed E-state index contributed by atoms with van der Waals surface area (Å²) in [5.41, 5.74) is 3.62. The first kappa shape index (κ1) is 13.8. The molecule has 4 nitrogen and oxygen atoms in total. The van der Waals surface area contributed by atoms with Crippen LogP contribution in [0.4, 0.5) is 11.5 Å². The molecule has 0 aliphatic rings. The Kier molecular flexibility index (Phi) is 6.40. The molecule has 0 aliphatic carbocycles. The first-order valence-corrected chi connectivity index (χ1v) is 6.46. The molecule has 0 saturated carbocycles. The van der Waals surface area contributed by atoms with Crippen LogP contribution in [-0.2, 0) is 0 Å². The molecule has 1 aromatic rings. The van der Waals surface area contributed by atoms with Crippen molar-refractivity contribution in [1.82, 2.24) is 4.98 Å². The third kappa shape index (κ3) is 5.04. The number of anilines is 2. The number of rotatable bonds is 8. The van der Waals surface area contributed by atoms with Crippen molar-refractivity contribution in [2.45, 2.75) is 39.5 Å². The highest BCUT2D eigenvalue weighted by molar-refractivity contribution is 5.51. The summed E-state index contributed by atoms with van der Waals surface area (Å²) in [5.74, 6) is 6.77. The monoisotopic (exact) mass is 236 g/mol. The Hall–Kier alpha value is -1.29. The Morgan fingerprint density at radius 3 is 2.88 bits per heavy atom. The van der Waals surface area contributed by atoms with Gasteiger partial charge in [-0.2, -0.15) is 0 Å². The van der Waals surface area contributed by atoms with Crippen LogP contribution in [0.5, 0.6) is 0 Å². The average Bonchev–Trinajstić information content (AvgIpc) is 2.39. The predicted molar refractivity (Wildman–Crippen MR) is 73.8 cm³/mol. The van der Waals surface area contributed by atoms with Gasteiger partial charge in [-0.15, -0.1) is 0 Å². The molecule has 1 rings (SSSR count). The fourth-order valence-electron chi connectivity index (χ4n) is 1.82. The normalized spacial score (nSPS) is 12.2. The number of hydrogen-bond donors (Lipinski definition) is 3. The number of hydrazine groups is 1. The van der Waals surface area contributed by atoms with Crippen molar-refractivity contribution in [1.29, 1.82) is 0 Å². The largest absolute Gasteiger partial charge is 0.385 e. The topological polar surface area (TPSA) is 63.0 Å². The summed E-state index contributed by atoms with van der Waals surface area (Å²) in [6, 6.07) is 3.89. The second kappa shape index (κ2) is 7.90. The molecule has 0 fully saturated rings. The smallest absolute Gasteiger partial charge is 0.141 e. The first-order chi connectivity index (χ1) is 8.30. The summed E-state index contributed by atoms with van der Waals surface area (Å²) in [4.78, 5) is 4.08. The summed E-state index contributed by atoms with van der Waals surface area (Å²) in [6.07, 6.45) is 6.86. The molecule has 1 unspecified atom stereocenters. The van der Waals surface area contributed by atoms with Crippen LogP contribution >= 0.6 is 0 Å². The zero-order valence-electron chi connectivity index (χ0n) is 10.9. The van der Waals surface area contributed by atoms with Gasteiger partial charge in [-0.1, -0.05) is 33.1 Å². The summed E-state index contributed by atoms with van der Waals surface area (Å²) >= 11 is 0. The molecule has 1 aromatic heterocycles. The lowest BCUT2D eigenvalue weighted by Crippen LogP contribution is -2.14. The lowest BCUT2D eigenvalue weighted by molar-refractivity contribution is 0.473. The lowest BCUT2D eigenvalue weighted by atomic mass is 9.99. The van der Waals surface area contributed by atoms with E-state index in [-0.39, 0.29) is 0 Å². The Labute approximate surface area is 104 Å². The maximum absolute atomic E-state index is 5.33. The maximum Gasteiger partial charge on any atom is 0.141 e. The van der Waals surface area contributed by atoms with Crippen molar-refractivity contribution in [3.05, 3.63) is 18.3 Å². The molecule has 0 saturated heterocycles. The molecule has 0 radical (unpaired) electrons. The van der Waals surface area contributed by atoms with Gasteiger partial charge in [-0.05, 0) is 18.4 Å². The summed E-state index contributed by atoms with van der Waals surface area (Å²) in [7, 11) is 0. The third-order valence-electron chi connectivity index (χ3n) is 3.05. The van der Waals surface area contributed by atoms with Gasteiger partial charge in [-0.3, -0.25) is 0 Å². The number of nitrogens with one attached hydrogen (secondary N) is 2. The van der Waals surface area contributed by atoms with E-state index in [0.29, 0.717) is 5.82 Å². The van der Waals surface area contributed by atoms with Crippen LogP contribution < -0.4 is 16.6 Å². The Bertz CT molecular complexity index is 314. The summed E-state index contributed by atoms with van der Waals surface area (Å²) in [6.45, 7) is 5.51. The van der Waals surface area contributed by atoms with E-state index in [0.717, 1.165) is 18.2 Å². The molecule has 96 valence electrons. The Balaban J connectivity index is 2.41. The molecule has 0 aliphatic heterocycles.